The molecular formula is C29H18Cl2F3N3O2. The zero-order valence-electron chi connectivity index (χ0n) is 20.0. The fourth-order valence-corrected chi connectivity index (χ4v) is 4.27. The summed E-state index contributed by atoms with van der Waals surface area (Å²) in [6.45, 7) is 0.162. The number of hydrogen-bond acceptors (Lipinski definition) is 4. The summed E-state index contributed by atoms with van der Waals surface area (Å²) in [4.78, 5) is 17.9. The molecule has 0 aliphatic rings. The van der Waals surface area contributed by atoms with Gasteiger partial charge < -0.3 is 4.74 Å². The number of alkyl halides is 3. The van der Waals surface area contributed by atoms with E-state index in [0.717, 1.165) is 22.4 Å². The molecule has 0 saturated heterocycles. The van der Waals surface area contributed by atoms with Crippen molar-refractivity contribution in [2.45, 2.75) is 12.8 Å². The molecule has 39 heavy (non-hydrogen) atoms. The number of hydrogen-bond donors (Lipinski definition) is 0. The van der Waals surface area contributed by atoms with Crippen LogP contribution in [-0.2, 0) is 12.8 Å². The van der Waals surface area contributed by atoms with Gasteiger partial charge in [-0.2, -0.15) is 22.9 Å². The van der Waals surface area contributed by atoms with Crippen molar-refractivity contribution >= 4 is 40.3 Å². The van der Waals surface area contributed by atoms with Crippen LogP contribution in [-0.4, -0.2) is 15.9 Å². The molecule has 5 aromatic rings. The van der Waals surface area contributed by atoms with Crippen LogP contribution < -0.4 is 10.3 Å². The first-order valence-electron chi connectivity index (χ1n) is 11.6. The molecule has 4 aromatic carbocycles. The highest BCUT2D eigenvalue weighted by Gasteiger charge is 2.31. The summed E-state index contributed by atoms with van der Waals surface area (Å²) in [5.41, 5.74) is 0.176. The van der Waals surface area contributed by atoms with Gasteiger partial charge in [0.15, 0.2) is 5.82 Å². The average Bonchev–Trinajstić information content (AvgIpc) is 2.92. The quantitative estimate of drug-likeness (QED) is 0.196. The van der Waals surface area contributed by atoms with Crippen LogP contribution in [0.15, 0.2) is 101 Å². The fourth-order valence-electron chi connectivity index (χ4n) is 3.89. The normalized spacial score (nSPS) is 11.8. The lowest BCUT2D eigenvalue weighted by Gasteiger charge is -2.13. The Morgan fingerprint density at radius 3 is 2.49 bits per heavy atom. The summed E-state index contributed by atoms with van der Waals surface area (Å²) in [6, 6.07) is 23.2. The van der Waals surface area contributed by atoms with Crippen molar-refractivity contribution < 1.29 is 17.9 Å². The van der Waals surface area contributed by atoms with E-state index < -0.39 is 17.3 Å². The molecule has 0 spiro atoms. The SMILES string of the molecule is O=c1c2ccccc2nc(-c2cccc(C(F)(F)F)c2)n1N=Cc1cc(Cl)ccc1OCc1ccccc1Cl. The number of ether oxygens (including phenoxy) is 1. The third-order valence-corrected chi connectivity index (χ3v) is 6.43. The molecule has 1 heterocycles. The Balaban J connectivity index is 1.60. The van der Waals surface area contributed by atoms with Crippen LogP contribution in [0.25, 0.3) is 22.3 Å². The lowest BCUT2D eigenvalue weighted by molar-refractivity contribution is -0.137. The second-order valence-corrected chi connectivity index (χ2v) is 9.30. The van der Waals surface area contributed by atoms with Gasteiger partial charge in [-0.1, -0.05) is 65.7 Å². The number of halogens is 5. The zero-order chi connectivity index (χ0) is 27.6. The molecule has 0 radical (unpaired) electrons. The van der Waals surface area contributed by atoms with Gasteiger partial charge in [0.1, 0.15) is 12.4 Å². The van der Waals surface area contributed by atoms with Crippen molar-refractivity contribution in [3.8, 4) is 17.1 Å². The summed E-state index contributed by atoms with van der Waals surface area (Å²) in [7, 11) is 0. The minimum atomic E-state index is -4.57. The standard InChI is InChI=1S/C29H18Cl2F3N3O2/c30-22-12-13-26(39-17-19-6-1-3-10-24(19)31)20(15-22)16-35-37-27(18-7-5-8-21(14-18)29(32,33)34)36-25-11-4-2-9-23(25)28(37)38/h1-16H,17H2. The minimum Gasteiger partial charge on any atom is -0.488 e. The van der Waals surface area contributed by atoms with Gasteiger partial charge >= 0.3 is 6.18 Å². The van der Waals surface area contributed by atoms with Crippen LogP contribution in [0.1, 0.15) is 16.7 Å². The van der Waals surface area contributed by atoms with Gasteiger partial charge in [0.2, 0.25) is 0 Å². The topological polar surface area (TPSA) is 56.5 Å². The lowest BCUT2D eigenvalue weighted by Crippen LogP contribution is -2.20. The second kappa shape index (κ2) is 10.9. The first kappa shape index (κ1) is 26.5. The van der Waals surface area contributed by atoms with Crippen LogP contribution >= 0.6 is 23.2 Å². The van der Waals surface area contributed by atoms with Crippen molar-refractivity contribution in [1.29, 1.82) is 0 Å². The zero-order valence-corrected chi connectivity index (χ0v) is 21.5. The number of rotatable bonds is 6. The number of aromatic nitrogens is 2. The maximum atomic E-state index is 13.4. The van der Waals surface area contributed by atoms with Crippen molar-refractivity contribution in [3.63, 3.8) is 0 Å². The summed E-state index contributed by atoms with van der Waals surface area (Å²) in [5.74, 6) is 0.354. The van der Waals surface area contributed by atoms with Crippen molar-refractivity contribution in [3.05, 3.63) is 128 Å². The van der Waals surface area contributed by atoms with Crippen molar-refractivity contribution in [1.82, 2.24) is 9.66 Å². The first-order valence-corrected chi connectivity index (χ1v) is 12.4. The Bertz CT molecular complexity index is 1770. The average molecular weight is 568 g/mol. The second-order valence-electron chi connectivity index (χ2n) is 8.45. The van der Waals surface area contributed by atoms with Gasteiger partial charge in [0, 0.05) is 26.7 Å². The Kier molecular flexibility index (Phi) is 7.41. The number of fused-ring (bicyclic) bond motifs is 1. The number of nitrogens with zero attached hydrogens (tertiary/aromatic N) is 3. The van der Waals surface area contributed by atoms with Crippen LogP contribution in [0.4, 0.5) is 13.2 Å². The monoisotopic (exact) mass is 567 g/mol. The van der Waals surface area contributed by atoms with Crippen LogP contribution in [0.3, 0.4) is 0 Å². The van der Waals surface area contributed by atoms with E-state index in [-0.39, 0.29) is 23.4 Å². The molecule has 0 fully saturated rings. The maximum Gasteiger partial charge on any atom is 0.416 e. The van der Waals surface area contributed by atoms with E-state index in [1.807, 2.05) is 18.2 Å². The molecule has 0 aliphatic heterocycles. The van der Waals surface area contributed by atoms with E-state index in [1.165, 1.54) is 18.3 Å². The highest BCUT2D eigenvalue weighted by Crippen LogP contribution is 2.32. The molecule has 0 atom stereocenters. The van der Waals surface area contributed by atoms with Gasteiger partial charge in [-0.05, 0) is 48.5 Å². The van der Waals surface area contributed by atoms with Gasteiger partial charge in [-0.3, -0.25) is 4.79 Å². The highest BCUT2D eigenvalue weighted by molar-refractivity contribution is 6.31. The maximum absolute atomic E-state index is 13.4. The molecule has 0 aliphatic carbocycles. The molecule has 5 rings (SSSR count). The predicted molar refractivity (Wildman–Crippen MR) is 147 cm³/mol. The van der Waals surface area contributed by atoms with Gasteiger partial charge in [0.05, 0.1) is 22.7 Å². The Morgan fingerprint density at radius 1 is 0.923 bits per heavy atom. The molecule has 5 nitrogen and oxygen atoms in total. The first-order chi connectivity index (χ1) is 18.7. The molecular weight excluding hydrogens is 550 g/mol. The lowest BCUT2D eigenvalue weighted by atomic mass is 10.1. The third-order valence-electron chi connectivity index (χ3n) is 5.83. The highest BCUT2D eigenvalue weighted by atomic mass is 35.5. The molecule has 0 amide bonds. The van der Waals surface area contributed by atoms with E-state index in [0.29, 0.717) is 26.9 Å². The number of benzene rings is 4. The van der Waals surface area contributed by atoms with Crippen molar-refractivity contribution in [2.24, 2.45) is 5.10 Å². The molecule has 1 aromatic heterocycles. The summed E-state index contributed by atoms with van der Waals surface area (Å²) < 4.78 is 47.2. The Morgan fingerprint density at radius 2 is 1.69 bits per heavy atom. The Labute approximate surface area is 230 Å². The largest absolute Gasteiger partial charge is 0.488 e. The molecule has 0 unspecified atom stereocenters. The van der Waals surface area contributed by atoms with Crippen LogP contribution in [0.2, 0.25) is 10.0 Å². The summed E-state index contributed by atoms with van der Waals surface area (Å²) >= 11 is 12.4. The smallest absolute Gasteiger partial charge is 0.416 e. The minimum absolute atomic E-state index is 0.0541. The van der Waals surface area contributed by atoms with E-state index in [1.54, 1.807) is 48.5 Å². The fraction of sp³-hybridized carbons (Fsp3) is 0.0690. The van der Waals surface area contributed by atoms with Gasteiger partial charge in [0.25, 0.3) is 5.56 Å². The molecule has 0 N–H and O–H groups in total. The van der Waals surface area contributed by atoms with Crippen LogP contribution in [0, 0.1) is 0 Å². The van der Waals surface area contributed by atoms with Gasteiger partial charge in [-0.25, -0.2) is 4.98 Å². The van der Waals surface area contributed by atoms with E-state index in [2.05, 4.69) is 10.1 Å². The molecule has 0 saturated carbocycles. The van der Waals surface area contributed by atoms with Gasteiger partial charge in [-0.15, -0.1) is 0 Å². The third kappa shape index (κ3) is 5.82. The van der Waals surface area contributed by atoms with E-state index in [9.17, 15) is 18.0 Å². The molecule has 0 bridgehead atoms. The molecule has 10 heteroatoms. The van der Waals surface area contributed by atoms with Crippen LogP contribution in [0.5, 0.6) is 5.75 Å². The van der Waals surface area contributed by atoms with E-state index >= 15 is 0 Å². The summed E-state index contributed by atoms with van der Waals surface area (Å²) in [6.07, 6.45) is -3.22. The molecule has 196 valence electrons. The summed E-state index contributed by atoms with van der Waals surface area (Å²) in [5, 5.41) is 5.53. The van der Waals surface area contributed by atoms with Crippen molar-refractivity contribution in [2.75, 3.05) is 0 Å². The Hall–Kier alpha value is -4.14. The predicted octanol–water partition coefficient (Wildman–Crippen LogP) is 7.85. The number of para-hydroxylation sites is 1. The van der Waals surface area contributed by atoms with E-state index in [4.69, 9.17) is 27.9 Å².